The summed E-state index contributed by atoms with van der Waals surface area (Å²) in [4.78, 5) is 8.86. The predicted octanol–water partition coefficient (Wildman–Crippen LogP) is 4.93. The van der Waals surface area contributed by atoms with E-state index in [-0.39, 0.29) is 0 Å². The molecule has 0 bridgehead atoms. The average Bonchev–Trinajstić information content (AvgIpc) is 2.71. The van der Waals surface area contributed by atoms with E-state index in [1.165, 1.54) is 0 Å². The second kappa shape index (κ2) is 8.19. The van der Waals surface area contributed by atoms with Gasteiger partial charge in [0.1, 0.15) is 0 Å². The number of rotatable bonds is 4. The van der Waals surface area contributed by atoms with Crippen molar-refractivity contribution in [3.05, 3.63) is 95.1 Å². The lowest BCUT2D eigenvalue weighted by molar-refractivity contribution is 1.45. The largest absolute Gasteiger partial charge is 0.256 e. The lowest BCUT2D eigenvalue weighted by Crippen LogP contribution is -1.86. The third-order valence-electron chi connectivity index (χ3n) is 3.70. The molecule has 0 N–H and O–H groups in total. The molecule has 0 aliphatic rings. The summed E-state index contributed by atoms with van der Waals surface area (Å²) in [6, 6.07) is 26.4. The highest BCUT2D eigenvalue weighted by Gasteiger charge is 1.99. The summed E-state index contributed by atoms with van der Waals surface area (Å²) < 4.78 is 0. The van der Waals surface area contributed by atoms with Gasteiger partial charge in [0.05, 0.1) is 34.6 Å². The van der Waals surface area contributed by atoms with Crippen LogP contribution in [0.25, 0.3) is 0 Å². The molecule has 26 heavy (non-hydrogen) atoms. The van der Waals surface area contributed by atoms with Gasteiger partial charge in [0.2, 0.25) is 0 Å². The summed E-state index contributed by atoms with van der Waals surface area (Å²) in [6.45, 7) is 0. The molecule has 3 rings (SSSR count). The second-order valence-electron chi connectivity index (χ2n) is 5.43. The lowest BCUT2D eigenvalue weighted by atomic mass is 10.1. The smallest absolute Gasteiger partial charge is 0.0998 e. The van der Waals surface area contributed by atoms with Crippen molar-refractivity contribution >= 4 is 23.8 Å². The van der Waals surface area contributed by atoms with Crippen LogP contribution in [0.3, 0.4) is 0 Å². The van der Waals surface area contributed by atoms with Crippen LogP contribution in [0, 0.1) is 22.7 Å². The van der Waals surface area contributed by atoms with Crippen LogP contribution in [0.15, 0.2) is 82.8 Å². The predicted molar refractivity (Wildman–Crippen MR) is 103 cm³/mol. The molecule has 0 spiro atoms. The van der Waals surface area contributed by atoms with E-state index in [0.29, 0.717) is 11.1 Å². The highest BCUT2D eigenvalue weighted by atomic mass is 14.7. The first-order chi connectivity index (χ1) is 12.8. The minimum atomic E-state index is 0.582. The van der Waals surface area contributed by atoms with Gasteiger partial charge in [0.25, 0.3) is 0 Å². The van der Waals surface area contributed by atoms with Crippen molar-refractivity contribution in [1.82, 2.24) is 0 Å². The van der Waals surface area contributed by atoms with Gasteiger partial charge < -0.3 is 0 Å². The normalized spacial score (nSPS) is 10.7. The van der Waals surface area contributed by atoms with Gasteiger partial charge in [-0.25, -0.2) is 0 Å². The zero-order valence-corrected chi connectivity index (χ0v) is 13.9. The molecule has 0 amide bonds. The van der Waals surface area contributed by atoms with Gasteiger partial charge in [-0.05, 0) is 30.3 Å². The molecule has 0 aromatic heterocycles. The maximum absolute atomic E-state index is 9.13. The van der Waals surface area contributed by atoms with Crippen LogP contribution in [-0.2, 0) is 0 Å². The summed E-state index contributed by atoms with van der Waals surface area (Å²) in [5.41, 5.74) is 4.18. The van der Waals surface area contributed by atoms with Crippen LogP contribution in [-0.4, -0.2) is 12.4 Å². The maximum Gasteiger partial charge on any atom is 0.0998 e. The molecule has 4 heteroatoms. The number of aliphatic imine (C=N–C) groups is 2. The number of nitriles is 2. The first kappa shape index (κ1) is 16.8. The van der Waals surface area contributed by atoms with Crippen LogP contribution in [0.2, 0.25) is 0 Å². The molecule has 122 valence electrons. The fourth-order valence-electron chi connectivity index (χ4n) is 2.36. The van der Waals surface area contributed by atoms with E-state index >= 15 is 0 Å². The molecule has 0 atom stereocenters. The number of hydrogen-bond donors (Lipinski definition) is 0. The minimum Gasteiger partial charge on any atom is -0.256 e. The molecule has 0 saturated heterocycles. The Morgan fingerprint density at radius 2 is 1.08 bits per heavy atom. The SMILES string of the molecule is N#Cc1ccccc1/C=N\c1cccc(/N=C/c2ccccc2C#N)c1. The van der Waals surface area contributed by atoms with Gasteiger partial charge in [-0.2, -0.15) is 10.5 Å². The van der Waals surface area contributed by atoms with Gasteiger partial charge in [0, 0.05) is 23.6 Å². The summed E-state index contributed by atoms with van der Waals surface area (Å²) in [5.74, 6) is 0. The van der Waals surface area contributed by atoms with Crippen molar-refractivity contribution in [1.29, 1.82) is 10.5 Å². The molecule has 0 fully saturated rings. The van der Waals surface area contributed by atoms with Crippen LogP contribution in [0.1, 0.15) is 22.3 Å². The zero-order valence-electron chi connectivity index (χ0n) is 13.9. The van der Waals surface area contributed by atoms with E-state index in [4.69, 9.17) is 10.5 Å². The Bertz CT molecular complexity index is 983. The number of benzene rings is 3. The Morgan fingerprint density at radius 3 is 1.54 bits per heavy atom. The first-order valence-electron chi connectivity index (χ1n) is 7.96. The molecule has 0 aliphatic carbocycles. The maximum atomic E-state index is 9.13. The Morgan fingerprint density at radius 1 is 0.615 bits per heavy atom. The van der Waals surface area contributed by atoms with E-state index in [1.807, 2.05) is 60.7 Å². The summed E-state index contributed by atoms with van der Waals surface area (Å²) in [6.07, 6.45) is 3.35. The van der Waals surface area contributed by atoms with Gasteiger partial charge >= 0.3 is 0 Å². The van der Waals surface area contributed by atoms with Crippen LogP contribution in [0.5, 0.6) is 0 Å². The van der Waals surface area contributed by atoms with Crippen LogP contribution >= 0.6 is 0 Å². The lowest BCUT2D eigenvalue weighted by Gasteiger charge is -1.99. The van der Waals surface area contributed by atoms with Crippen molar-refractivity contribution in [2.45, 2.75) is 0 Å². The fraction of sp³-hybridized carbons (Fsp3) is 0. The van der Waals surface area contributed by atoms with E-state index in [9.17, 15) is 0 Å². The second-order valence-corrected chi connectivity index (χ2v) is 5.43. The molecule has 0 saturated carbocycles. The Balaban J connectivity index is 1.83. The fourth-order valence-corrected chi connectivity index (χ4v) is 2.36. The highest BCUT2D eigenvalue weighted by molar-refractivity contribution is 5.86. The average molecular weight is 334 g/mol. The monoisotopic (exact) mass is 334 g/mol. The quantitative estimate of drug-likeness (QED) is 0.634. The standard InChI is InChI=1S/C22H14N4/c23-13-17-6-1-3-8-19(17)15-25-21-10-5-11-22(12-21)26-16-20-9-4-2-7-18(20)14-24/h1-12,15-16H/b25-15-,26-16+. The van der Waals surface area contributed by atoms with Gasteiger partial charge in [-0.15, -0.1) is 0 Å². The third-order valence-corrected chi connectivity index (χ3v) is 3.70. The van der Waals surface area contributed by atoms with Crippen molar-refractivity contribution in [3.63, 3.8) is 0 Å². The molecule has 4 nitrogen and oxygen atoms in total. The highest BCUT2D eigenvalue weighted by Crippen LogP contribution is 2.21. The van der Waals surface area contributed by atoms with Crippen LogP contribution < -0.4 is 0 Å². The Labute approximate surface area is 152 Å². The molecule has 0 unspecified atom stereocenters. The molecular weight excluding hydrogens is 320 g/mol. The topological polar surface area (TPSA) is 72.3 Å². The molecule has 0 radical (unpaired) electrons. The molecular formula is C22H14N4. The molecule has 3 aromatic rings. The van der Waals surface area contributed by atoms with Gasteiger partial charge in [0.15, 0.2) is 0 Å². The number of nitrogens with zero attached hydrogens (tertiary/aromatic N) is 4. The van der Waals surface area contributed by atoms with E-state index in [0.717, 1.165) is 22.5 Å². The van der Waals surface area contributed by atoms with Crippen LogP contribution in [0.4, 0.5) is 11.4 Å². The Hall–Kier alpha value is -4.02. The zero-order chi connectivity index (χ0) is 18.2. The number of hydrogen-bond acceptors (Lipinski definition) is 4. The van der Waals surface area contributed by atoms with E-state index in [1.54, 1.807) is 24.6 Å². The van der Waals surface area contributed by atoms with Gasteiger partial charge in [-0.3, -0.25) is 9.98 Å². The van der Waals surface area contributed by atoms with E-state index in [2.05, 4.69) is 22.1 Å². The summed E-state index contributed by atoms with van der Waals surface area (Å²) >= 11 is 0. The molecule has 0 aliphatic heterocycles. The first-order valence-corrected chi connectivity index (χ1v) is 7.96. The van der Waals surface area contributed by atoms with Crippen molar-refractivity contribution in [2.75, 3.05) is 0 Å². The van der Waals surface area contributed by atoms with Crippen molar-refractivity contribution in [3.8, 4) is 12.1 Å². The molecule has 3 aromatic carbocycles. The summed E-state index contributed by atoms with van der Waals surface area (Å²) in [7, 11) is 0. The summed E-state index contributed by atoms with van der Waals surface area (Å²) in [5, 5.41) is 18.3. The van der Waals surface area contributed by atoms with E-state index < -0.39 is 0 Å². The third kappa shape index (κ3) is 4.08. The van der Waals surface area contributed by atoms with Gasteiger partial charge in [-0.1, -0.05) is 42.5 Å². The minimum absolute atomic E-state index is 0.582. The van der Waals surface area contributed by atoms with Crippen molar-refractivity contribution in [2.24, 2.45) is 9.98 Å². The molecule has 0 heterocycles. The van der Waals surface area contributed by atoms with Crippen molar-refractivity contribution < 1.29 is 0 Å². The Kier molecular flexibility index (Phi) is 5.30.